The number of rotatable bonds is 1. The fourth-order valence-electron chi connectivity index (χ4n) is 3.02. The van der Waals surface area contributed by atoms with Gasteiger partial charge in [-0.2, -0.15) is 0 Å². The van der Waals surface area contributed by atoms with Crippen LogP contribution in [0.15, 0.2) is 48.7 Å². The Bertz CT molecular complexity index is 939. The number of amides is 1. The molecule has 5 nitrogen and oxygen atoms in total. The van der Waals surface area contributed by atoms with E-state index in [1.54, 1.807) is 11.1 Å². The monoisotopic (exact) mass is 319 g/mol. The topological polar surface area (TPSA) is 55.3 Å². The van der Waals surface area contributed by atoms with Crippen molar-refractivity contribution in [3.63, 3.8) is 0 Å². The minimum absolute atomic E-state index is 0.0805. The van der Waals surface area contributed by atoms with Crippen LogP contribution < -0.4 is 9.64 Å². The molecule has 3 aromatic rings. The first kappa shape index (κ1) is 14.6. The van der Waals surface area contributed by atoms with Crippen LogP contribution in [0, 0.1) is 6.92 Å². The molecule has 1 atom stereocenters. The summed E-state index contributed by atoms with van der Waals surface area (Å²) in [6, 6.07) is 13.3. The summed E-state index contributed by atoms with van der Waals surface area (Å²) >= 11 is 0. The molecule has 0 bridgehead atoms. The van der Waals surface area contributed by atoms with Crippen LogP contribution in [0.2, 0.25) is 0 Å². The molecule has 0 fully saturated rings. The molecule has 1 amide bonds. The van der Waals surface area contributed by atoms with E-state index < -0.39 is 0 Å². The highest BCUT2D eigenvalue weighted by Gasteiger charge is 2.30. The highest BCUT2D eigenvalue weighted by molar-refractivity contribution is 6.13. The van der Waals surface area contributed by atoms with Crippen molar-refractivity contribution in [3.05, 3.63) is 59.9 Å². The summed E-state index contributed by atoms with van der Waals surface area (Å²) in [7, 11) is 0. The van der Waals surface area contributed by atoms with Crippen molar-refractivity contribution in [1.29, 1.82) is 0 Å². The Hall–Kier alpha value is -2.95. The number of aryl methyl sites for hydroxylation is 1. The smallest absolute Gasteiger partial charge is 0.260 e. The van der Waals surface area contributed by atoms with E-state index >= 15 is 0 Å². The zero-order chi connectivity index (χ0) is 16.7. The van der Waals surface area contributed by atoms with E-state index in [9.17, 15) is 4.79 Å². The Morgan fingerprint density at radius 2 is 2.08 bits per heavy atom. The molecule has 1 aliphatic rings. The number of fused-ring (bicyclic) bond motifs is 2. The summed E-state index contributed by atoms with van der Waals surface area (Å²) < 4.78 is 5.73. The lowest BCUT2D eigenvalue weighted by atomic mass is 10.1. The van der Waals surface area contributed by atoms with Gasteiger partial charge in [0.05, 0.1) is 17.6 Å². The van der Waals surface area contributed by atoms with Gasteiger partial charge in [0.15, 0.2) is 0 Å². The number of benzene rings is 1. The lowest BCUT2D eigenvalue weighted by molar-refractivity contribution is 0.0960. The van der Waals surface area contributed by atoms with Crippen molar-refractivity contribution < 1.29 is 9.53 Å². The summed E-state index contributed by atoms with van der Waals surface area (Å²) in [4.78, 5) is 23.8. The SMILES string of the molecule is Cc1ccc2cccc(C(=O)N3CC(C)Oc4ncccc43)c2n1. The third-order valence-corrected chi connectivity index (χ3v) is 4.13. The Balaban J connectivity index is 1.84. The van der Waals surface area contributed by atoms with E-state index in [0.717, 1.165) is 16.6 Å². The van der Waals surface area contributed by atoms with Gasteiger partial charge in [0.1, 0.15) is 11.8 Å². The van der Waals surface area contributed by atoms with Gasteiger partial charge < -0.3 is 4.74 Å². The van der Waals surface area contributed by atoms with Crippen molar-refractivity contribution >= 4 is 22.5 Å². The van der Waals surface area contributed by atoms with E-state index in [0.29, 0.717) is 23.7 Å². The largest absolute Gasteiger partial charge is 0.471 e. The first-order chi connectivity index (χ1) is 11.6. The predicted octanol–water partition coefficient (Wildman–Crippen LogP) is 3.37. The van der Waals surface area contributed by atoms with Crippen LogP contribution in [-0.2, 0) is 0 Å². The Kier molecular flexibility index (Phi) is 3.41. The molecule has 1 unspecified atom stereocenters. The Labute approximate surface area is 139 Å². The van der Waals surface area contributed by atoms with Crippen molar-refractivity contribution in [1.82, 2.24) is 9.97 Å². The number of anilines is 1. The molecular formula is C19H17N3O2. The number of carbonyl (C=O) groups excluding carboxylic acids is 1. The lowest BCUT2D eigenvalue weighted by Gasteiger charge is -2.32. The van der Waals surface area contributed by atoms with Crippen LogP contribution in [0.4, 0.5) is 5.69 Å². The van der Waals surface area contributed by atoms with E-state index in [1.807, 2.05) is 56.3 Å². The van der Waals surface area contributed by atoms with Gasteiger partial charge in [0.2, 0.25) is 5.88 Å². The molecule has 120 valence electrons. The van der Waals surface area contributed by atoms with Crippen LogP contribution in [0.1, 0.15) is 23.0 Å². The fraction of sp³-hybridized carbons (Fsp3) is 0.211. The number of aromatic nitrogens is 2. The van der Waals surface area contributed by atoms with Crippen LogP contribution in [-0.4, -0.2) is 28.5 Å². The molecular weight excluding hydrogens is 302 g/mol. The van der Waals surface area contributed by atoms with Gasteiger partial charge >= 0.3 is 0 Å². The van der Waals surface area contributed by atoms with Gasteiger partial charge in [0, 0.05) is 17.3 Å². The standard InChI is InChI=1S/C19H17N3O2/c1-12-8-9-14-5-3-6-15(17(14)21-12)19(23)22-11-13(2)24-18-16(22)7-4-10-20-18/h3-10,13H,11H2,1-2H3. The summed E-state index contributed by atoms with van der Waals surface area (Å²) in [5.41, 5.74) is 2.91. The second kappa shape index (κ2) is 5.60. The Morgan fingerprint density at radius 3 is 2.96 bits per heavy atom. The van der Waals surface area contributed by atoms with Crippen LogP contribution >= 0.6 is 0 Å². The first-order valence-corrected chi connectivity index (χ1v) is 7.93. The van der Waals surface area contributed by atoms with Crippen LogP contribution in [0.3, 0.4) is 0 Å². The average Bonchev–Trinajstić information content (AvgIpc) is 2.59. The molecule has 0 aliphatic carbocycles. The molecule has 5 heteroatoms. The van der Waals surface area contributed by atoms with Crippen LogP contribution in [0.5, 0.6) is 5.88 Å². The molecule has 0 saturated carbocycles. The van der Waals surface area contributed by atoms with E-state index in [4.69, 9.17) is 4.74 Å². The molecule has 24 heavy (non-hydrogen) atoms. The van der Waals surface area contributed by atoms with Crippen LogP contribution in [0.25, 0.3) is 10.9 Å². The summed E-state index contributed by atoms with van der Waals surface area (Å²) in [6.07, 6.45) is 1.56. The van der Waals surface area contributed by atoms with Gasteiger partial charge in [-0.1, -0.05) is 18.2 Å². The number of hydrogen-bond donors (Lipinski definition) is 0. The van der Waals surface area contributed by atoms with E-state index in [-0.39, 0.29) is 12.0 Å². The third-order valence-electron chi connectivity index (χ3n) is 4.13. The van der Waals surface area contributed by atoms with E-state index in [2.05, 4.69) is 9.97 Å². The van der Waals surface area contributed by atoms with Crippen molar-refractivity contribution in [3.8, 4) is 5.88 Å². The van der Waals surface area contributed by atoms with Gasteiger partial charge in [0.25, 0.3) is 5.91 Å². The molecule has 2 aromatic heterocycles. The number of hydrogen-bond acceptors (Lipinski definition) is 4. The second-order valence-electron chi connectivity index (χ2n) is 6.00. The molecule has 0 radical (unpaired) electrons. The number of pyridine rings is 2. The maximum absolute atomic E-state index is 13.2. The minimum atomic E-state index is -0.110. The quantitative estimate of drug-likeness (QED) is 0.690. The molecule has 0 saturated heterocycles. The number of nitrogens with zero attached hydrogens (tertiary/aromatic N) is 3. The van der Waals surface area contributed by atoms with E-state index in [1.165, 1.54) is 0 Å². The van der Waals surface area contributed by atoms with Crippen molar-refractivity contribution in [2.24, 2.45) is 0 Å². The average molecular weight is 319 g/mol. The molecule has 0 spiro atoms. The summed E-state index contributed by atoms with van der Waals surface area (Å²) in [5.74, 6) is 0.414. The van der Waals surface area contributed by atoms with Gasteiger partial charge in [-0.05, 0) is 38.1 Å². The second-order valence-corrected chi connectivity index (χ2v) is 6.00. The van der Waals surface area contributed by atoms with Gasteiger partial charge in [-0.3, -0.25) is 14.7 Å². The van der Waals surface area contributed by atoms with Crippen molar-refractivity contribution in [2.45, 2.75) is 20.0 Å². The first-order valence-electron chi connectivity index (χ1n) is 7.93. The zero-order valence-electron chi connectivity index (χ0n) is 13.6. The Morgan fingerprint density at radius 1 is 1.21 bits per heavy atom. The lowest BCUT2D eigenvalue weighted by Crippen LogP contribution is -2.42. The molecule has 4 rings (SSSR count). The highest BCUT2D eigenvalue weighted by atomic mass is 16.5. The summed E-state index contributed by atoms with van der Waals surface area (Å²) in [6.45, 7) is 4.35. The van der Waals surface area contributed by atoms with Crippen molar-refractivity contribution in [2.75, 3.05) is 11.4 Å². The van der Waals surface area contributed by atoms with Gasteiger partial charge in [-0.25, -0.2) is 4.98 Å². The van der Waals surface area contributed by atoms with Gasteiger partial charge in [-0.15, -0.1) is 0 Å². The zero-order valence-corrected chi connectivity index (χ0v) is 13.6. The minimum Gasteiger partial charge on any atom is -0.471 e. The molecule has 0 N–H and O–H groups in total. The summed E-state index contributed by atoms with van der Waals surface area (Å²) in [5, 5.41) is 0.958. The number of para-hydroxylation sites is 1. The maximum atomic E-state index is 13.2. The highest BCUT2D eigenvalue weighted by Crippen LogP contribution is 2.32. The third kappa shape index (κ3) is 2.38. The molecule has 1 aromatic carbocycles. The maximum Gasteiger partial charge on any atom is 0.260 e. The fourth-order valence-corrected chi connectivity index (χ4v) is 3.02. The molecule has 3 heterocycles. The predicted molar refractivity (Wildman–Crippen MR) is 92.5 cm³/mol. The number of ether oxygens (including phenoxy) is 1. The molecule has 1 aliphatic heterocycles. The normalized spacial score (nSPS) is 16.6. The number of carbonyl (C=O) groups is 1.